The van der Waals surface area contributed by atoms with Crippen molar-refractivity contribution in [3.05, 3.63) is 12.7 Å². The third-order valence-electron chi connectivity index (χ3n) is 2.56. The number of carbonyl (C=O) groups excluding carboxylic acids is 1. The van der Waals surface area contributed by atoms with Crippen molar-refractivity contribution in [2.75, 3.05) is 7.11 Å². The fraction of sp³-hybridized carbons (Fsp3) is 0.700. The Morgan fingerprint density at radius 3 is 2.58 bits per heavy atom. The van der Waals surface area contributed by atoms with Crippen molar-refractivity contribution >= 4 is 5.78 Å². The molecule has 0 heterocycles. The zero-order valence-electron chi connectivity index (χ0n) is 7.58. The van der Waals surface area contributed by atoms with E-state index in [0.29, 0.717) is 11.7 Å². The van der Waals surface area contributed by atoms with Gasteiger partial charge in [0, 0.05) is 20.0 Å². The first-order valence-corrected chi connectivity index (χ1v) is 4.45. The molecule has 68 valence electrons. The Hall–Kier alpha value is -0.630. The first-order chi connectivity index (χ1) is 5.77. The Morgan fingerprint density at radius 2 is 2.17 bits per heavy atom. The van der Waals surface area contributed by atoms with Gasteiger partial charge < -0.3 is 4.74 Å². The molecular formula is C10H16O2. The molecule has 0 aliphatic heterocycles. The van der Waals surface area contributed by atoms with Crippen molar-refractivity contribution in [3.63, 3.8) is 0 Å². The van der Waals surface area contributed by atoms with Crippen molar-refractivity contribution in [2.45, 2.75) is 31.8 Å². The summed E-state index contributed by atoms with van der Waals surface area (Å²) in [6, 6.07) is 0. The summed E-state index contributed by atoms with van der Waals surface area (Å²) in [7, 11) is 1.70. The van der Waals surface area contributed by atoms with Crippen LogP contribution in [0, 0.1) is 5.92 Å². The minimum atomic E-state index is 0.137. The summed E-state index contributed by atoms with van der Waals surface area (Å²) in [4.78, 5) is 10.9. The topological polar surface area (TPSA) is 26.3 Å². The second-order valence-corrected chi connectivity index (χ2v) is 3.31. The molecule has 1 aliphatic carbocycles. The van der Waals surface area contributed by atoms with Crippen LogP contribution in [0.1, 0.15) is 25.7 Å². The van der Waals surface area contributed by atoms with Gasteiger partial charge in [0.15, 0.2) is 0 Å². The fourth-order valence-electron chi connectivity index (χ4n) is 1.77. The monoisotopic (exact) mass is 168 g/mol. The minimum Gasteiger partial charge on any atom is -0.377 e. The molecule has 1 aliphatic rings. The van der Waals surface area contributed by atoms with Crippen molar-refractivity contribution in [1.82, 2.24) is 0 Å². The van der Waals surface area contributed by atoms with Crippen LogP contribution >= 0.6 is 0 Å². The molecule has 1 unspecified atom stereocenters. The second kappa shape index (κ2) is 4.41. The molecule has 12 heavy (non-hydrogen) atoms. The van der Waals surface area contributed by atoms with Crippen LogP contribution in [0.25, 0.3) is 0 Å². The van der Waals surface area contributed by atoms with Gasteiger partial charge in [-0.15, -0.1) is 6.58 Å². The van der Waals surface area contributed by atoms with Crippen LogP contribution in [-0.4, -0.2) is 19.0 Å². The number of hydrogen-bond acceptors (Lipinski definition) is 2. The maximum absolute atomic E-state index is 10.9. The summed E-state index contributed by atoms with van der Waals surface area (Å²) in [6.45, 7) is 3.72. The number of carbonyl (C=O) groups is 1. The second-order valence-electron chi connectivity index (χ2n) is 3.31. The lowest BCUT2D eigenvalue weighted by molar-refractivity contribution is -0.121. The summed E-state index contributed by atoms with van der Waals surface area (Å²) in [5.74, 6) is 0.898. The summed E-state index contributed by atoms with van der Waals surface area (Å²) in [6.07, 6.45) is 5.34. The molecule has 1 fully saturated rings. The van der Waals surface area contributed by atoms with Crippen LogP contribution in [0.4, 0.5) is 0 Å². The molecule has 0 N–H and O–H groups in total. The molecule has 2 heteroatoms. The highest BCUT2D eigenvalue weighted by molar-refractivity contribution is 5.79. The van der Waals surface area contributed by atoms with E-state index in [1.54, 1.807) is 7.11 Å². The largest absolute Gasteiger partial charge is 0.377 e. The molecule has 0 amide bonds. The van der Waals surface area contributed by atoms with Crippen LogP contribution in [-0.2, 0) is 9.53 Å². The minimum absolute atomic E-state index is 0.137. The van der Waals surface area contributed by atoms with Crippen LogP contribution in [0.15, 0.2) is 12.7 Å². The smallest absolute Gasteiger partial charge is 0.132 e. The van der Waals surface area contributed by atoms with E-state index >= 15 is 0 Å². The molecule has 2 nitrogen and oxygen atoms in total. The highest BCUT2D eigenvalue weighted by Crippen LogP contribution is 2.26. The fourth-order valence-corrected chi connectivity index (χ4v) is 1.77. The highest BCUT2D eigenvalue weighted by Gasteiger charge is 2.24. The Labute approximate surface area is 73.6 Å². The highest BCUT2D eigenvalue weighted by atomic mass is 16.5. The average molecular weight is 168 g/mol. The number of rotatable bonds is 3. The summed E-state index contributed by atoms with van der Waals surface area (Å²) in [5, 5.41) is 0. The molecule has 0 radical (unpaired) electrons. The normalized spacial score (nSPS) is 22.2. The van der Waals surface area contributed by atoms with Crippen molar-refractivity contribution in [1.29, 1.82) is 0 Å². The first kappa shape index (κ1) is 9.46. The van der Waals surface area contributed by atoms with Gasteiger partial charge >= 0.3 is 0 Å². The molecule has 0 bridgehead atoms. The molecule has 0 aromatic carbocycles. The first-order valence-electron chi connectivity index (χ1n) is 4.45. The standard InChI is InChI=1S/C10H16O2/c1-3-10(12-2)8-4-6-9(11)7-5-8/h3,8,10H,1,4-7H2,2H3. The number of methoxy groups -OCH3 is 1. The summed E-state index contributed by atoms with van der Waals surface area (Å²) in [5.41, 5.74) is 0. The van der Waals surface area contributed by atoms with E-state index in [2.05, 4.69) is 6.58 Å². The molecule has 1 atom stereocenters. The molecule has 0 spiro atoms. The van der Waals surface area contributed by atoms with Crippen LogP contribution in [0.3, 0.4) is 0 Å². The number of Topliss-reactive ketones (excluding diaryl/α,β-unsaturated/α-hetero) is 1. The van der Waals surface area contributed by atoms with Crippen LogP contribution < -0.4 is 0 Å². The number of hydrogen-bond donors (Lipinski definition) is 0. The van der Waals surface area contributed by atoms with Gasteiger partial charge in [-0.1, -0.05) is 6.08 Å². The van der Waals surface area contributed by atoms with Gasteiger partial charge in [0.05, 0.1) is 6.10 Å². The predicted octanol–water partition coefficient (Wildman–Crippen LogP) is 1.95. The van der Waals surface area contributed by atoms with E-state index in [4.69, 9.17) is 4.74 Å². The van der Waals surface area contributed by atoms with E-state index in [1.807, 2.05) is 6.08 Å². The lowest BCUT2D eigenvalue weighted by atomic mass is 9.84. The van der Waals surface area contributed by atoms with Crippen LogP contribution in [0.5, 0.6) is 0 Å². The molecule has 0 saturated heterocycles. The quantitative estimate of drug-likeness (QED) is 0.602. The van der Waals surface area contributed by atoms with Crippen molar-refractivity contribution < 1.29 is 9.53 Å². The van der Waals surface area contributed by atoms with Crippen molar-refractivity contribution in [2.24, 2.45) is 5.92 Å². The predicted molar refractivity (Wildman–Crippen MR) is 48.0 cm³/mol. The Bertz CT molecular complexity index is 165. The van der Waals surface area contributed by atoms with Gasteiger partial charge in [0.25, 0.3) is 0 Å². The number of ether oxygens (including phenoxy) is 1. The Balaban J connectivity index is 2.42. The summed E-state index contributed by atoms with van der Waals surface area (Å²) < 4.78 is 5.24. The third kappa shape index (κ3) is 2.18. The summed E-state index contributed by atoms with van der Waals surface area (Å²) >= 11 is 0. The maximum atomic E-state index is 10.9. The Kier molecular flexibility index (Phi) is 3.48. The lowest BCUT2D eigenvalue weighted by Gasteiger charge is -2.26. The average Bonchev–Trinajstić information content (AvgIpc) is 2.10. The Morgan fingerprint density at radius 1 is 1.58 bits per heavy atom. The number of ketones is 1. The van der Waals surface area contributed by atoms with E-state index in [1.165, 1.54) is 0 Å². The maximum Gasteiger partial charge on any atom is 0.132 e. The molecular weight excluding hydrogens is 152 g/mol. The van der Waals surface area contributed by atoms with Gasteiger partial charge in [-0.25, -0.2) is 0 Å². The van der Waals surface area contributed by atoms with Crippen LogP contribution in [0.2, 0.25) is 0 Å². The zero-order valence-corrected chi connectivity index (χ0v) is 7.58. The van der Waals surface area contributed by atoms with E-state index < -0.39 is 0 Å². The SMILES string of the molecule is C=CC(OC)C1CCC(=O)CC1. The van der Waals surface area contributed by atoms with E-state index in [-0.39, 0.29) is 6.10 Å². The van der Waals surface area contributed by atoms with Gasteiger partial charge in [0.2, 0.25) is 0 Å². The van der Waals surface area contributed by atoms with Gasteiger partial charge in [-0.3, -0.25) is 4.79 Å². The molecule has 1 saturated carbocycles. The molecule has 0 aromatic rings. The molecule has 0 aromatic heterocycles. The third-order valence-corrected chi connectivity index (χ3v) is 2.56. The zero-order chi connectivity index (χ0) is 8.97. The lowest BCUT2D eigenvalue weighted by Crippen LogP contribution is -2.25. The van der Waals surface area contributed by atoms with Gasteiger partial charge in [-0.05, 0) is 18.8 Å². The van der Waals surface area contributed by atoms with Crippen molar-refractivity contribution in [3.8, 4) is 0 Å². The van der Waals surface area contributed by atoms with E-state index in [9.17, 15) is 4.79 Å². The molecule has 1 rings (SSSR count). The van der Waals surface area contributed by atoms with Gasteiger partial charge in [-0.2, -0.15) is 0 Å². The van der Waals surface area contributed by atoms with Gasteiger partial charge in [0.1, 0.15) is 5.78 Å². The van der Waals surface area contributed by atoms with E-state index in [0.717, 1.165) is 25.7 Å².